The van der Waals surface area contributed by atoms with Gasteiger partial charge in [-0.25, -0.2) is 0 Å². The molecule has 0 aliphatic rings. The summed E-state index contributed by atoms with van der Waals surface area (Å²) in [4.78, 5) is 0. The molecule has 0 bridgehead atoms. The summed E-state index contributed by atoms with van der Waals surface area (Å²) in [6, 6.07) is 7.99. The molecule has 2 nitrogen and oxygen atoms in total. The fourth-order valence-corrected chi connectivity index (χ4v) is 1.90. The highest BCUT2D eigenvalue weighted by atomic mass is 35.5. The third-order valence-electron chi connectivity index (χ3n) is 2.70. The maximum atomic E-state index is 9.06. The van der Waals surface area contributed by atoms with Gasteiger partial charge in [0.15, 0.2) is 0 Å². The Bertz CT molecular complexity index is 407. The van der Waals surface area contributed by atoms with Crippen LogP contribution in [-0.2, 0) is 0 Å². The molecule has 17 heavy (non-hydrogen) atoms. The summed E-state index contributed by atoms with van der Waals surface area (Å²) in [7, 11) is 0. The van der Waals surface area contributed by atoms with Crippen molar-refractivity contribution in [3.63, 3.8) is 0 Å². The lowest BCUT2D eigenvalue weighted by Crippen LogP contribution is -2.16. The Morgan fingerprint density at radius 2 is 2.00 bits per heavy atom. The van der Waals surface area contributed by atoms with E-state index in [2.05, 4.69) is 32.2 Å². The fraction of sp³-hybridized carbons (Fsp3) is 0.500. The topological polar surface area (TPSA) is 35.8 Å². The van der Waals surface area contributed by atoms with Gasteiger partial charge in [-0.2, -0.15) is 5.26 Å². The molecule has 1 atom stereocenters. The predicted octanol–water partition coefficient (Wildman–Crippen LogP) is 4.45. The average Bonchev–Trinajstić information content (AvgIpc) is 2.27. The summed E-state index contributed by atoms with van der Waals surface area (Å²) in [5.41, 5.74) is 1.36. The number of anilines is 1. The van der Waals surface area contributed by atoms with Crippen LogP contribution in [-0.4, -0.2) is 6.04 Å². The number of nitrogens with zero attached hydrogens (tertiary/aromatic N) is 1. The molecule has 1 aromatic rings. The van der Waals surface area contributed by atoms with E-state index in [1.54, 1.807) is 6.07 Å². The lowest BCUT2D eigenvalue weighted by Gasteiger charge is -2.17. The molecular weight excluding hydrogens is 232 g/mol. The van der Waals surface area contributed by atoms with E-state index in [0.29, 0.717) is 22.5 Å². The molecule has 1 unspecified atom stereocenters. The highest BCUT2D eigenvalue weighted by molar-refractivity contribution is 6.32. The van der Waals surface area contributed by atoms with Crippen molar-refractivity contribution in [2.45, 2.75) is 39.7 Å². The molecule has 0 radical (unpaired) electrons. The molecule has 1 rings (SSSR count). The van der Waals surface area contributed by atoms with Crippen LogP contribution in [0, 0.1) is 17.2 Å². The second-order valence-corrected chi connectivity index (χ2v) is 5.20. The quantitative estimate of drug-likeness (QED) is 0.838. The van der Waals surface area contributed by atoms with Gasteiger partial charge >= 0.3 is 0 Å². The molecule has 0 aliphatic carbocycles. The molecule has 1 N–H and O–H groups in total. The maximum Gasteiger partial charge on any atom is 0.103 e. The molecule has 0 saturated carbocycles. The Morgan fingerprint density at radius 1 is 1.29 bits per heavy atom. The zero-order valence-corrected chi connectivity index (χ0v) is 11.4. The molecule has 0 fully saturated rings. The molecule has 3 heteroatoms. The van der Waals surface area contributed by atoms with E-state index >= 15 is 0 Å². The molecule has 0 amide bonds. The minimum absolute atomic E-state index is 0.350. The van der Waals surface area contributed by atoms with E-state index in [1.807, 2.05) is 12.1 Å². The van der Waals surface area contributed by atoms with E-state index in [-0.39, 0.29) is 0 Å². The SMILES string of the molecule is CC(C)CCC(C)Nc1cccc(Cl)c1C#N. The third-order valence-corrected chi connectivity index (χ3v) is 3.02. The fourth-order valence-electron chi connectivity index (χ4n) is 1.68. The zero-order chi connectivity index (χ0) is 12.8. The Morgan fingerprint density at radius 3 is 2.59 bits per heavy atom. The van der Waals surface area contributed by atoms with E-state index in [1.165, 1.54) is 6.42 Å². The smallest absolute Gasteiger partial charge is 0.103 e. The summed E-state index contributed by atoms with van der Waals surface area (Å²) < 4.78 is 0. The molecule has 0 aliphatic heterocycles. The molecule has 0 aromatic heterocycles. The van der Waals surface area contributed by atoms with Crippen LogP contribution in [0.15, 0.2) is 18.2 Å². The van der Waals surface area contributed by atoms with Crippen molar-refractivity contribution in [3.05, 3.63) is 28.8 Å². The summed E-state index contributed by atoms with van der Waals surface area (Å²) in [6.07, 6.45) is 2.27. The predicted molar refractivity (Wildman–Crippen MR) is 73.3 cm³/mol. The number of benzene rings is 1. The average molecular weight is 251 g/mol. The van der Waals surface area contributed by atoms with Gasteiger partial charge in [-0.3, -0.25) is 0 Å². The second-order valence-electron chi connectivity index (χ2n) is 4.79. The van der Waals surface area contributed by atoms with Crippen molar-refractivity contribution in [3.8, 4) is 6.07 Å². The Balaban J connectivity index is 2.69. The Hall–Kier alpha value is -1.20. The first-order chi connectivity index (χ1) is 8.04. The molecular formula is C14H19ClN2. The lowest BCUT2D eigenvalue weighted by atomic mass is 10.0. The minimum Gasteiger partial charge on any atom is -0.381 e. The van der Waals surface area contributed by atoms with Gasteiger partial charge in [0, 0.05) is 6.04 Å². The molecule has 0 spiro atoms. The van der Waals surface area contributed by atoms with Crippen LogP contribution in [0.5, 0.6) is 0 Å². The number of nitriles is 1. The first-order valence-electron chi connectivity index (χ1n) is 5.99. The molecule has 92 valence electrons. The number of hydrogen-bond donors (Lipinski definition) is 1. The molecule has 0 saturated heterocycles. The van der Waals surface area contributed by atoms with E-state index in [4.69, 9.17) is 16.9 Å². The van der Waals surface area contributed by atoms with Gasteiger partial charge in [0.2, 0.25) is 0 Å². The largest absolute Gasteiger partial charge is 0.381 e. The van der Waals surface area contributed by atoms with Crippen LogP contribution in [0.1, 0.15) is 39.2 Å². The highest BCUT2D eigenvalue weighted by Crippen LogP contribution is 2.24. The normalized spacial score (nSPS) is 12.2. The number of hydrogen-bond acceptors (Lipinski definition) is 2. The van der Waals surface area contributed by atoms with Crippen LogP contribution in [0.3, 0.4) is 0 Å². The third kappa shape index (κ3) is 4.28. The number of halogens is 1. The Kier molecular flexibility index (Phi) is 5.31. The van der Waals surface area contributed by atoms with E-state index in [0.717, 1.165) is 12.1 Å². The van der Waals surface area contributed by atoms with Crippen molar-refractivity contribution in [1.82, 2.24) is 0 Å². The van der Waals surface area contributed by atoms with Crippen molar-refractivity contribution >= 4 is 17.3 Å². The van der Waals surface area contributed by atoms with Crippen molar-refractivity contribution in [2.24, 2.45) is 5.92 Å². The first kappa shape index (κ1) is 13.9. The lowest BCUT2D eigenvalue weighted by molar-refractivity contribution is 0.527. The standard InChI is InChI=1S/C14H19ClN2/c1-10(2)7-8-11(3)17-14-6-4-5-13(15)12(14)9-16/h4-6,10-11,17H,7-8H2,1-3H3. The minimum atomic E-state index is 0.350. The van der Waals surface area contributed by atoms with Gasteiger partial charge in [0.1, 0.15) is 6.07 Å². The van der Waals surface area contributed by atoms with Crippen molar-refractivity contribution in [2.75, 3.05) is 5.32 Å². The van der Waals surface area contributed by atoms with Gasteiger partial charge in [0.05, 0.1) is 16.3 Å². The van der Waals surface area contributed by atoms with Gasteiger partial charge in [-0.1, -0.05) is 31.5 Å². The summed E-state index contributed by atoms with van der Waals surface area (Å²) in [5.74, 6) is 0.703. The molecule has 0 heterocycles. The summed E-state index contributed by atoms with van der Waals surface area (Å²) in [6.45, 7) is 6.56. The van der Waals surface area contributed by atoms with Gasteiger partial charge < -0.3 is 5.32 Å². The van der Waals surface area contributed by atoms with Crippen LogP contribution >= 0.6 is 11.6 Å². The Labute approximate surface area is 109 Å². The van der Waals surface area contributed by atoms with Crippen molar-refractivity contribution in [1.29, 1.82) is 5.26 Å². The van der Waals surface area contributed by atoms with E-state index < -0.39 is 0 Å². The van der Waals surface area contributed by atoms with Crippen LogP contribution in [0.2, 0.25) is 5.02 Å². The zero-order valence-electron chi connectivity index (χ0n) is 10.6. The van der Waals surface area contributed by atoms with Gasteiger partial charge in [-0.05, 0) is 37.8 Å². The van der Waals surface area contributed by atoms with Crippen LogP contribution in [0.25, 0.3) is 0 Å². The summed E-state index contributed by atoms with van der Waals surface area (Å²) in [5, 5.41) is 12.9. The monoisotopic (exact) mass is 250 g/mol. The van der Waals surface area contributed by atoms with Crippen LogP contribution in [0.4, 0.5) is 5.69 Å². The number of nitrogens with one attached hydrogen (secondary N) is 1. The maximum absolute atomic E-state index is 9.06. The van der Waals surface area contributed by atoms with E-state index in [9.17, 15) is 0 Å². The molecule has 1 aromatic carbocycles. The second kappa shape index (κ2) is 6.51. The van der Waals surface area contributed by atoms with Gasteiger partial charge in [-0.15, -0.1) is 0 Å². The number of rotatable bonds is 5. The first-order valence-corrected chi connectivity index (χ1v) is 6.37. The van der Waals surface area contributed by atoms with Crippen molar-refractivity contribution < 1.29 is 0 Å². The summed E-state index contributed by atoms with van der Waals surface area (Å²) >= 11 is 5.98. The highest BCUT2D eigenvalue weighted by Gasteiger charge is 2.09. The van der Waals surface area contributed by atoms with Gasteiger partial charge in [0.25, 0.3) is 0 Å². The van der Waals surface area contributed by atoms with Crippen LogP contribution < -0.4 is 5.32 Å².